The highest BCUT2D eigenvalue weighted by Crippen LogP contribution is 2.19. The van der Waals surface area contributed by atoms with Gasteiger partial charge < -0.3 is 15.1 Å². The van der Waals surface area contributed by atoms with E-state index in [1.807, 2.05) is 30.3 Å². The highest BCUT2D eigenvalue weighted by molar-refractivity contribution is 5.80. The quantitative estimate of drug-likeness (QED) is 0.649. The standard InChI is InChI=1S/C19H26N4O/c1-2-20-19(23-16-11-7-4-8-12-16)21-13-17-14-24-18(22-17)15-9-5-3-6-10-15/h3,5-6,9-10,14,16H,2,4,7-8,11-13H2,1H3,(H2,20,21,23). The minimum Gasteiger partial charge on any atom is -0.444 e. The van der Waals surface area contributed by atoms with Crippen LogP contribution in [0.15, 0.2) is 46.0 Å². The average molecular weight is 326 g/mol. The van der Waals surface area contributed by atoms with E-state index >= 15 is 0 Å². The molecule has 5 heteroatoms. The molecule has 3 rings (SSSR count). The lowest BCUT2D eigenvalue weighted by Gasteiger charge is -2.24. The first-order valence-electron chi connectivity index (χ1n) is 8.90. The Morgan fingerprint density at radius 1 is 1.21 bits per heavy atom. The second-order valence-electron chi connectivity index (χ2n) is 6.18. The van der Waals surface area contributed by atoms with Crippen molar-refractivity contribution in [2.45, 2.75) is 51.6 Å². The Kier molecular flexibility index (Phi) is 5.88. The minimum absolute atomic E-state index is 0.512. The summed E-state index contributed by atoms with van der Waals surface area (Å²) in [6, 6.07) is 10.5. The van der Waals surface area contributed by atoms with Crippen LogP contribution in [-0.4, -0.2) is 23.5 Å². The molecule has 5 nitrogen and oxygen atoms in total. The summed E-state index contributed by atoms with van der Waals surface area (Å²) >= 11 is 0. The van der Waals surface area contributed by atoms with Gasteiger partial charge in [0.1, 0.15) is 12.0 Å². The summed E-state index contributed by atoms with van der Waals surface area (Å²) in [5, 5.41) is 6.87. The van der Waals surface area contributed by atoms with Crippen LogP contribution in [0.25, 0.3) is 11.5 Å². The van der Waals surface area contributed by atoms with Gasteiger partial charge in [0, 0.05) is 18.2 Å². The number of aromatic nitrogens is 1. The zero-order valence-electron chi connectivity index (χ0n) is 14.3. The third kappa shape index (κ3) is 4.60. The number of benzene rings is 1. The highest BCUT2D eigenvalue weighted by atomic mass is 16.3. The van der Waals surface area contributed by atoms with E-state index in [1.165, 1.54) is 32.1 Å². The maximum absolute atomic E-state index is 5.57. The molecule has 1 aromatic carbocycles. The van der Waals surface area contributed by atoms with Gasteiger partial charge in [-0.3, -0.25) is 0 Å². The molecule has 0 saturated heterocycles. The van der Waals surface area contributed by atoms with Crippen molar-refractivity contribution in [2.24, 2.45) is 4.99 Å². The van der Waals surface area contributed by atoms with Crippen LogP contribution in [0.5, 0.6) is 0 Å². The molecular weight excluding hydrogens is 300 g/mol. The van der Waals surface area contributed by atoms with E-state index in [1.54, 1.807) is 6.26 Å². The average Bonchev–Trinajstić information content (AvgIpc) is 3.11. The summed E-state index contributed by atoms with van der Waals surface area (Å²) in [4.78, 5) is 9.19. The molecule has 0 spiro atoms. The fourth-order valence-corrected chi connectivity index (χ4v) is 3.01. The van der Waals surface area contributed by atoms with Crippen LogP contribution in [0.3, 0.4) is 0 Å². The predicted octanol–water partition coefficient (Wildman–Crippen LogP) is 3.73. The van der Waals surface area contributed by atoms with Gasteiger partial charge in [-0.25, -0.2) is 9.98 Å². The number of guanidine groups is 1. The van der Waals surface area contributed by atoms with E-state index in [0.717, 1.165) is 23.8 Å². The van der Waals surface area contributed by atoms with Gasteiger partial charge in [-0.05, 0) is 31.9 Å². The van der Waals surface area contributed by atoms with Crippen molar-refractivity contribution in [1.29, 1.82) is 0 Å². The van der Waals surface area contributed by atoms with E-state index in [9.17, 15) is 0 Å². The number of nitrogens with zero attached hydrogens (tertiary/aromatic N) is 2. The first-order valence-corrected chi connectivity index (χ1v) is 8.90. The molecule has 1 aliphatic rings. The van der Waals surface area contributed by atoms with E-state index in [4.69, 9.17) is 4.42 Å². The highest BCUT2D eigenvalue weighted by Gasteiger charge is 2.14. The number of hydrogen-bond donors (Lipinski definition) is 2. The molecule has 0 bridgehead atoms. The monoisotopic (exact) mass is 326 g/mol. The Bertz CT molecular complexity index is 644. The van der Waals surface area contributed by atoms with Crippen LogP contribution >= 0.6 is 0 Å². The van der Waals surface area contributed by atoms with Gasteiger partial charge in [0.2, 0.25) is 5.89 Å². The summed E-state index contributed by atoms with van der Waals surface area (Å²) in [5.74, 6) is 1.51. The fourth-order valence-electron chi connectivity index (χ4n) is 3.01. The summed E-state index contributed by atoms with van der Waals surface area (Å²) in [6.45, 7) is 3.45. The lowest BCUT2D eigenvalue weighted by Crippen LogP contribution is -2.44. The maximum Gasteiger partial charge on any atom is 0.226 e. The normalized spacial score (nSPS) is 16.1. The number of rotatable bonds is 5. The Morgan fingerprint density at radius 2 is 2.00 bits per heavy atom. The molecule has 1 heterocycles. The minimum atomic E-state index is 0.512. The smallest absolute Gasteiger partial charge is 0.226 e. The van der Waals surface area contributed by atoms with Crippen LogP contribution in [0.1, 0.15) is 44.7 Å². The molecule has 2 aromatic rings. The molecule has 1 saturated carbocycles. The molecule has 24 heavy (non-hydrogen) atoms. The van der Waals surface area contributed by atoms with Gasteiger partial charge in [0.15, 0.2) is 5.96 Å². The van der Waals surface area contributed by atoms with E-state index in [-0.39, 0.29) is 0 Å². The molecule has 1 aromatic heterocycles. The van der Waals surface area contributed by atoms with Gasteiger partial charge in [-0.1, -0.05) is 37.5 Å². The second-order valence-corrected chi connectivity index (χ2v) is 6.18. The van der Waals surface area contributed by atoms with Crippen LogP contribution in [0, 0.1) is 0 Å². The summed E-state index contributed by atoms with van der Waals surface area (Å²) in [7, 11) is 0. The molecular formula is C19H26N4O. The van der Waals surface area contributed by atoms with Crippen molar-refractivity contribution in [1.82, 2.24) is 15.6 Å². The Hall–Kier alpha value is -2.30. The number of hydrogen-bond acceptors (Lipinski definition) is 3. The van der Waals surface area contributed by atoms with Gasteiger partial charge in [0.05, 0.1) is 6.54 Å². The van der Waals surface area contributed by atoms with Gasteiger partial charge in [-0.2, -0.15) is 0 Å². The summed E-state index contributed by atoms with van der Waals surface area (Å²) in [6.07, 6.45) is 8.11. The summed E-state index contributed by atoms with van der Waals surface area (Å²) < 4.78 is 5.57. The predicted molar refractivity (Wildman–Crippen MR) is 96.8 cm³/mol. The van der Waals surface area contributed by atoms with Gasteiger partial charge in [0.25, 0.3) is 0 Å². The Labute approximate surface area is 143 Å². The molecule has 0 unspecified atom stereocenters. The zero-order chi connectivity index (χ0) is 16.6. The van der Waals surface area contributed by atoms with E-state index in [2.05, 4.69) is 27.5 Å². The Balaban J connectivity index is 1.62. The summed E-state index contributed by atoms with van der Waals surface area (Å²) in [5.41, 5.74) is 1.83. The van der Waals surface area contributed by atoms with Crippen LogP contribution < -0.4 is 10.6 Å². The molecule has 2 N–H and O–H groups in total. The van der Waals surface area contributed by atoms with Crippen LogP contribution in [0.4, 0.5) is 0 Å². The fraction of sp³-hybridized carbons (Fsp3) is 0.474. The number of oxazole rings is 1. The van der Waals surface area contributed by atoms with Crippen molar-refractivity contribution in [3.8, 4) is 11.5 Å². The topological polar surface area (TPSA) is 62.5 Å². The molecule has 1 fully saturated rings. The largest absolute Gasteiger partial charge is 0.444 e. The second kappa shape index (κ2) is 8.52. The molecule has 1 aliphatic carbocycles. The number of nitrogens with one attached hydrogen (secondary N) is 2. The molecule has 0 atom stereocenters. The third-order valence-electron chi connectivity index (χ3n) is 4.26. The van der Waals surface area contributed by atoms with Gasteiger partial charge >= 0.3 is 0 Å². The first-order chi connectivity index (χ1) is 11.8. The molecule has 0 amide bonds. The zero-order valence-corrected chi connectivity index (χ0v) is 14.3. The van der Waals surface area contributed by atoms with Crippen molar-refractivity contribution >= 4 is 5.96 Å². The number of aliphatic imine (C=N–C) groups is 1. The van der Waals surface area contributed by atoms with Crippen LogP contribution in [-0.2, 0) is 6.54 Å². The lowest BCUT2D eigenvalue weighted by atomic mass is 9.96. The van der Waals surface area contributed by atoms with Crippen molar-refractivity contribution in [2.75, 3.05) is 6.54 Å². The van der Waals surface area contributed by atoms with Crippen molar-refractivity contribution < 1.29 is 4.42 Å². The Morgan fingerprint density at radius 3 is 2.75 bits per heavy atom. The maximum atomic E-state index is 5.57. The third-order valence-corrected chi connectivity index (χ3v) is 4.26. The van der Waals surface area contributed by atoms with Gasteiger partial charge in [-0.15, -0.1) is 0 Å². The van der Waals surface area contributed by atoms with Crippen LogP contribution in [0.2, 0.25) is 0 Å². The van der Waals surface area contributed by atoms with E-state index < -0.39 is 0 Å². The first kappa shape index (κ1) is 16.6. The SMILES string of the molecule is CCNC(=NCc1coc(-c2ccccc2)n1)NC1CCCCC1. The molecule has 0 radical (unpaired) electrons. The van der Waals surface area contributed by atoms with E-state index in [0.29, 0.717) is 18.5 Å². The molecule has 0 aliphatic heterocycles. The van der Waals surface area contributed by atoms with Crippen molar-refractivity contribution in [3.05, 3.63) is 42.3 Å². The van der Waals surface area contributed by atoms with Crippen molar-refractivity contribution in [3.63, 3.8) is 0 Å². The molecule has 128 valence electrons. The lowest BCUT2D eigenvalue weighted by molar-refractivity contribution is 0.410.